The van der Waals surface area contributed by atoms with E-state index in [0.29, 0.717) is 0 Å². The summed E-state index contributed by atoms with van der Waals surface area (Å²) >= 11 is 0. The molecule has 1 aromatic rings. The van der Waals surface area contributed by atoms with Gasteiger partial charge in [0.1, 0.15) is 5.69 Å². The highest BCUT2D eigenvalue weighted by Gasteiger charge is 2.38. The Morgan fingerprint density at radius 2 is 2.05 bits per heavy atom. The number of rotatable bonds is 4. The van der Waals surface area contributed by atoms with Crippen LogP contribution in [0.15, 0.2) is 18.2 Å². The average molecular weight is 291 g/mol. The number of aryl methyl sites for hydroxylation is 1. The molecule has 1 amide bonds. The van der Waals surface area contributed by atoms with Crippen LogP contribution < -0.4 is 11.1 Å². The highest BCUT2D eigenvalue weighted by molar-refractivity contribution is 5.97. The van der Waals surface area contributed by atoms with Crippen LogP contribution in [-0.4, -0.2) is 17.4 Å². The first-order chi connectivity index (χ1) is 9.98. The Hall–Kier alpha value is -1.95. The van der Waals surface area contributed by atoms with Crippen LogP contribution in [0.1, 0.15) is 37.7 Å². The molecule has 1 aliphatic carbocycles. The van der Waals surface area contributed by atoms with Crippen LogP contribution in [0.3, 0.4) is 0 Å². The fourth-order valence-corrected chi connectivity index (χ4v) is 2.91. The number of hydrogen-bond donors (Lipinski definition) is 2. The van der Waals surface area contributed by atoms with Gasteiger partial charge in [-0.05, 0) is 31.4 Å². The van der Waals surface area contributed by atoms with E-state index in [9.17, 15) is 14.9 Å². The number of carbonyl (C=O) groups is 1. The van der Waals surface area contributed by atoms with E-state index in [1.165, 1.54) is 6.07 Å². The number of nitro benzene ring substituents is 1. The molecule has 0 unspecified atom stereocenters. The Kier molecular flexibility index (Phi) is 4.57. The van der Waals surface area contributed by atoms with E-state index in [4.69, 9.17) is 5.73 Å². The van der Waals surface area contributed by atoms with Gasteiger partial charge in [-0.2, -0.15) is 0 Å². The van der Waals surface area contributed by atoms with Gasteiger partial charge in [-0.3, -0.25) is 14.9 Å². The summed E-state index contributed by atoms with van der Waals surface area (Å²) in [6, 6.07) is 4.79. The van der Waals surface area contributed by atoms with Crippen LogP contribution >= 0.6 is 0 Å². The monoisotopic (exact) mass is 291 g/mol. The first-order valence-corrected chi connectivity index (χ1v) is 7.25. The highest BCUT2D eigenvalue weighted by Crippen LogP contribution is 2.37. The lowest BCUT2D eigenvalue weighted by Gasteiger charge is -2.34. The Balaban J connectivity index is 2.24. The van der Waals surface area contributed by atoms with Crippen molar-refractivity contribution >= 4 is 17.3 Å². The molecule has 0 bridgehead atoms. The third-order valence-corrected chi connectivity index (χ3v) is 4.28. The smallest absolute Gasteiger partial charge is 0.293 e. The maximum absolute atomic E-state index is 12.6. The lowest BCUT2D eigenvalue weighted by atomic mass is 9.73. The molecular formula is C15H21N3O3. The number of hydrogen-bond acceptors (Lipinski definition) is 4. The quantitative estimate of drug-likeness (QED) is 0.658. The summed E-state index contributed by atoms with van der Waals surface area (Å²) in [5.41, 5.74) is 6.18. The Labute approximate surface area is 123 Å². The molecule has 0 spiro atoms. The predicted molar refractivity (Wildman–Crippen MR) is 81.0 cm³/mol. The molecular weight excluding hydrogens is 270 g/mol. The minimum Gasteiger partial charge on any atom is -0.329 e. The summed E-state index contributed by atoms with van der Waals surface area (Å²) in [5.74, 6) is -0.198. The van der Waals surface area contributed by atoms with Crippen molar-refractivity contribution < 1.29 is 9.72 Å². The highest BCUT2D eigenvalue weighted by atomic mass is 16.6. The molecule has 1 aromatic carbocycles. The van der Waals surface area contributed by atoms with Crippen LogP contribution in [0.2, 0.25) is 0 Å². The van der Waals surface area contributed by atoms with E-state index in [1.807, 2.05) is 0 Å². The fraction of sp³-hybridized carbons (Fsp3) is 0.533. The van der Waals surface area contributed by atoms with Crippen molar-refractivity contribution in [3.05, 3.63) is 33.9 Å². The van der Waals surface area contributed by atoms with Crippen molar-refractivity contribution in [2.45, 2.75) is 39.0 Å². The van der Waals surface area contributed by atoms with E-state index in [-0.39, 0.29) is 23.8 Å². The topological polar surface area (TPSA) is 98.3 Å². The molecule has 0 radical (unpaired) electrons. The fourth-order valence-electron chi connectivity index (χ4n) is 2.91. The van der Waals surface area contributed by atoms with Gasteiger partial charge in [-0.25, -0.2) is 0 Å². The van der Waals surface area contributed by atoms with Crippen LogP contribution in [-0.2, 0) is 4.79 Å². The Bertz CT molecular complexity index is 551. The molecule has 1 fully saturated rings. The second-order valence-corrected chi connectivity index (χ2v) is 5.78. The van der Waals surface area contributed by atoms with Gasteiger partial charge in [-0.15, -0.1) is 0 Å². The average Bonchev–Trinajstić information content (AvgIpc) is 2.49. The normalized spacial score (nSPS) is 17.2. The van der Waals surface area contributed by atoms with Crippen molar-refractivity contribution in [3.63, 3.8) is 0 Å². The second-order valence-electron chi connectivity index (χ2n) is 5.78. The molecule has 114 valence electrons. The van der Waals surface area contributed by atoms with Crippen molar-refractivity contribution in [2.75, 3.05) is 11.9 Å². The van der Waals surface area contributed by atoms with Crippen LogP contribution in [0.4, 0.5) is 11.4 Å². The molecule has 21 heavy (non-hydrogen) atoms. The largest absolute Gasteiger partial charge is 0.329 e. The van der Waals surface area contributed by atoms with Gasteiger partial charge < -0.3 is 11.1 Å². The zero-order valence-electron chi connectivity index (χ0n) is 12.2. The summed E-state index contributed by atoms with van der Waals surface area (Å²) in [7, 11) is 0. The van der Waals surface area contributed by atoms with Crippen molar-refractivity contribution in [3.8, 4) is 0 Å². The standard InChI is InChI=1S/C15H21N3O3/c1-11-5-6-12(13(9-11)18(20)21)17-14(19)15(10-16)7-3-2-4-8-15/h5-6,9H,2-4,7-8,10,16H2,1H3,(H,17,19). The Morgan fingerprint density at radius 1 is 1.38 bits per heavy atom. The number of benzene rings is 1. The van der Waals surface area contributed by atoms with Gasteiger partial charge in [0.15, 0.2) is 0 Å². The number of anilines is 1. The van der Waals surface area contributed by atoms with E-state index < -0.39 is 10.3 Å². The zero-order chi connectivity index (χ0) is 15.5. The molecule has 0 aromatic heterocycles. The number of carbonyl (C=O) groups excluding carboxylic acids is 1. The summed E-state index contributed by atoms with van der Waals surface area (Å²) in [6.07, 6.45) is 4.55. The summed E-state index contributed by atoms with van der Waals surface area (Å²) in [4.78, 5) is 23.2. The third-order valence-electron chi connectivity index (χ3n) is 4.28. The van der Waals surface area contributed by atoms with Crippen molar-refractivity contribution in [1.82, 2.24) is 0 Å². The van der Waals surface area contributed by atoms with Gasteiger partial charge in [0, 0.05) is 12.6 Å². The van der Waals surface area contributed by atoms with E-state index in [1.54, 1.807) is 19.1 Å². The predicted octanol–water partition coefficient (Wildman–Crippen LogP) is 2.75. The summed E-state index contributed by atoms with van der Waals surface area (Å²) < 4.78 is 0. The number of nitrogens with one attached hydrogen (secondary N) is 1. The lowest BCUT2D eigenvalue weighted by Crippen LogP contribution is -2.43. The Morgan fingerprint density at radius 3 is 2.62 bits per heavy atom. The maximum Gasteiger partial charge on any atom is 0.293 e. The summed E-state index contributed by atoms with van der Waals surface area (Å²) in [6.45, 7) is 2.06. The molecule has 3 N–H and O–H groups in total. The molecule has 1 aliphatic rings. The molecule has 6 heteroatoms. The molecule has 6 nitrogen and oxygen atoms in total. The second kappa shape index (κ2) is 6.22. The third kappa shape index (κ3) is 3.21. The molecule has 0 atom stereocenters. The van der Waals surface area contributed by atoms with Gasteiger partial charge in [0.05, 0.1) is 10.3 Å². The number of amides is 1. The molecule has 0 heterocycles. The molecule has 0 saturated heterocycles. The van der Waals surface area contributed by atoms with Crippen molar-refractivity contribution in [2.24, 2.45) is 11.1 Å². The molecule has 1 saturated carbocycles. The minimum atomic E-state index is -0.586. The van der Waals surface area contributed by atoms with Crippen LogP contribution in [0.5, 0.6) is 0 Å². The van der Waals surface area contributed by atoms with Gasteiger partial charge >= 0.3 is 0 Å². The SMILES string of the molecule is Cc1ccc(NC(=O)C2(CN)CCCCC2)c([N+](=O)[O-])c1. The van der Waals surface area contributed by atoms with Crippen LogP contribution in [0.25, 0.3) is 0 Å². The first-order valence-electron chi connectivity index (χ1n) is 7.25. The maximum atomic E-state index is 12.6. The summed E-state index contributed by atoms with van der Waals surface area (Å²) in [5, 5.41) is 13.8. The lowest BCUT2D eigenvalue weighted by molar-refractivity contribution is -0.384. The van der Waals surface area contributed by atoms with Crippen LogP contribution in [0, 0.1) is 22.5 Å². The number of nitro groups is 1. The molecule has 2 rings (SSSR count). The van der Waals surface area contributed by atoms with Gasteiger partial charge in [-0.1, -0.05) is 25.3 Å². The van der Waals surface area contributed by atoms with Gasteiger partial charge in [0.25, 0.3) is 5.69 Å². The van der Waals surface area contributed by atoms with Crippen molar-refractivity contribution in [1.29, 1.82) is 0 Å². The van der Waals surface area contributed by atoms with E-state index in [0.717, 1.165) is 37.7 Å². The van der Waals surface area contributed by atoms with E-state index in [2.05, 4.69) is 5.32 Å². The number of nitrogens with two attached hydrogens (primary N) is 1. The van der Waals surface area contributed by atoms with E-state index >= 15 is 0 Å². The zero-order valence-corrected chi connectivity index (χ0v) is 12.2. The first kappa shape index (κ1) is 15.4. The van der Waals surface area contributed by atoms with Gasteiger partial charge in [0.2, 0.25) is 5.91 Å². The minimum absolute atomic E-state index is 0.0775. The molecule has 0 aliphatic heterocycles. The number of nitrogens with zero attached hydrogens (tertiary/aromatic N) is 1.